The molecule has 1 rings (SSSR count). The third-order valence-corrected chi connectivity index (χ3v) is 1.81. The van der Waals surface area contributed by atoms with Crippen molar-refractivity contribution in [1.29, 1.82) is 0 Å². The highest BCUT2D eigenvalue weighted by atomic mass is 16.6. The summed E-state index contributed by atoms with van der Waals surface area (Å²) in [5.41, 5.74) is 7.37. The van der Waals surface area contributed by atoms with Crippen LogP contribution >= 0.6 is 0 Å². The van der Waals surface area contributed by atoms with E-state index >= 15 is 0 Å². The zero-order chi connectivity index (χ0) is 12.5. The number of nitrogens with two attached hydrogens (primary N) is 2. The fourth-order valence-corrected chi connectivity index (χ4v) is 1.19. The van der Waals surface area contributed by atoms with Gasteiger partial charge < -0.3 is 11.5 Å². The molecule has 9 heteroatoms. The largest absolute Gasteiger partial charge is 0.393 e. The SMILES string of the molecule is NC(=O)c1c([N+](=O)[O-])ccc(N)c1[N+](=O)[O-]. The second kappa shape index (κ2) is 3.81. The van der Waals surface area contributed by atoms with Crippen LogP contribution in [-0.2, 0) is 0 Å². The monoisotopic (exact) mass is 226 g/mol. The van der Waals surface area contributed by atoms with Crippen molar-refractivity contribution in [3.05, 3.63) is 37.9 Å². The quantitative estimate of drug-likeness (QED) is 0.425. The first kappa shape index (κ1) is 11.4. The molecule has 0 atom stereocenters. The lowest BCUT2D eigenvalue weighted by Gasteiger charge is -2.02. The summed E-state index contributed by atoms with van der Waals surface area (Å²) in [5.74, 6) is -1.27. The highest BCUT2D eigenvalue weighted by molar-refractivity contribution is 6.03. The number of carbonyl (C=O) groups is 1. The standard InChI is InChI=1S/C7H6N4O5/c8-3-1-2-4(10(13)14)5(7(9)12)6(3)11(15)16/h1-2H,8H2,(H2,9,12). The molecule has 1 amide bonds. The molecule has 0 aliphatic carbocycles. The molecule has 16 heavy (non-hydrogen) atoms. The van der Waals surface area contributed by atoms with Gasteiger partial charge in [-0.3, -0.25) is 25.0 Å². The first-order valence-corrected chi connectivity index (χ1v) is 3.87. The van der Waals surface area contributed by atoms with Gasteiger partial charge in [-0.25, -0.2) is 0 Å². The Kier molecular flexibility index (Phi) is 2.70. The maximum absolute atomic E-state index is 11.0. The summed E-state index contributed by atoms with van der Waals surface area (Å²) in [6.07, 6.45) is 0. The van der Waals surface area contributed by atoms with Gasteiger partial charge in [0.2, 0.25) is 0 Å². The minimum absolute atomic E-state index is 0.357. The lowest BCUT2D eigenvalue weighted by atomic mass is 10.1. The first-order valence-electron chi connectivity index (χ1n) is 3.87. The van der Waals surface area contributed by atoms with Crippen LogP contribution in [-0.4, -0.2) is 15.8 Å². The molecular formula is C7H6N4O5. The van der Waals surface area contributed by atoms with Crippen LogP contribution in [0.1, 0.15) is 10.4 Å². The van der Waals surface area contributed by atoms with Gasteiger partial charge >= 0.3 is 5.69 Å². The molecule has 0 fully saturated rings. The van der Waals surface area contributed by atoms with Gasteiger partial charge in [0.05, 0.1) is 9.85 Å². The molecular weight excluding hydrogens is 220 g/mol. The molecule has 0 saturated heterocycles. The summed E-state index contributed by atoms with van der Waals surface area (Å²) in [5, 5.41) is 21.2. The highest BCUT2D eigenvalue weighted by Crippen LogP contribution is 2.32. The average molecular weight is 226 g/mol. The molecule has 0 saturated carbocycles. The molecule has 1 aromatic rings. The second-order valence-electron chi connectivity index (χ2n) is 2.78. The summed E-state index contributed by atoms with van der Waals surface area (Å²) in [6, 6.07) is 1.87. The third-order valence-electron chi connectivity index (χ3n) is 1.81. The van der Waals surface area contributed by atoms with E-state index in [4.69, 9.17) is 11.5 Å². The van der Waals surface area contributed by atoms with E-state index in [1.165, 1.54) is 0 Å². The van der Waals surface area contributed by atoms with Crippen molar-refractivity contribution in [3.8, 4) is 0 Å². The van der Waals surface area contributed by atoms with Gasteiger partial charge in [0.15, 0.2) is 5.56 Å². The van der Waals surface area contributed by atoms with E-state index in [1.807, 2.05) is 0 Å². The van der Waals surface area contributed by atoms with E-state index in [-0.39, 0.29) is 5.69 Å². The minimum atomic E-state index is -1.27. The summed E-state index contributed by atoms with van der Waals surface area (Å²) in [7, 11) is 0. The fraction of sp³-hybridized carbons (Fsp3) is 0. The van der Waals surface area contributed by atoms with Crippen LogP contribution in [0.3, 0.4) is 0 Å². The molecule has 0 spiro atoms. The predicted molar refractivity (Wildman–Crippen MR) is 52.7 cm³/mol. The Labute approximate surface area is 87.9 Å². The Morgan fingerprint density at radius 1 is 1.19 bits per heavy atom. The van der Waals surface area contributed by atoms with Crippen molar-refractivity contribution in [2.75, 3.05) is 5.73 Å². The van der Waals surface area contributed by atoms with Crippen molar-refractivity contribution in [3.63, 3.8) is 0 Å². The summed E-state index contributed by atoms with van der Waals surface area (Å²) in [4.78, 5) is 30.2. The zero-order valence-corrected chi connectivity index (χ0v) is 7.75. The summed E-state index contributed by atoms with van der Waals surface area (Å²) < 4.78 is 0. The number of nitrogens with zero attached hydrogens (tertiary/aromatic N) is 2. The molecule has 9 nitrogen and oxygen atoms in total. The number of nitro groups is 2. The maximum Gasteiger partial charge on any atom is 0.311 e. The molecule has 0 aliphatic rings. The van der Waals surface area contributed by atoms with E-state index in [9.17, 15) is 25.0 Å². The van der Waals surface area contributed by atoms with E-state index < -0.39 is 32.7 Å². The number of nitrogen functional groups attached to an aromatic ring is 1. The van der Waals surface area contributed by atoms with Gasteiger partial charge in [-0.1, -0.05) is 0 Å². The summed E-state index contributed by atoms with van der Waals surface area (Å²) >= 11 is 0. The van der Waals surface area contributed by atoms with E-state index in [1.54, 1.807) is 0 Å². The number of hydrogen-bond donors (Lipinski definition) is 2. The van der Waals surface area contributed by atoms with Crippen LogP contribution in [0.25, 0.3) is 0 Å². The minimum Gasteiger partial charge on any atom is -0.393 e. The van der Waals surface area contributed by atoms with Gasteiger partial charge in [-0.05, 0) is 6.07 Å². The third kappa shape index (κ3) is 1.73. The predicted octanol–water partition coefficient (Wildman–Crippen LogP) is 0.184. The molecule has 4 N–H and O–H groups in total. The van der Waals surface area contributed by atoms with E-state index in [2.05, 4.69) is 0 Å². The topological polar surface area (TPSA) is 155 Å². The number of hydrogen-bond acceptors (Lipinski definition) is 6. The van der Waals surface area contributed by atoms with Crippen LogP contribution < -0.4 is 11.5 Å². The average Bonchev–Trinajstić information content (AvgIpc) is 2.15. The Balaban J connectivity index is 3.70. The number of nitro benzene ring substituents is 2. The van der Waals surface area contributed by atoms with E-state index in [0.717, 1.165) is 12.1 Å². The zero-order valence-electron chi connectivity index (χ0n) is 7.75. The van der Waals surface area contributed by atoms with Crippen LogP contribution in [0.5, 0.6) is 0 Å². The van der Waals surface area contributed by atoms with Crippen LogP contribution in [0.15, 0.2) is 12.1 Å². The molecule has 0 unspecified atom stereocenters. The molecule has 84 valence electrons. The normalized spacial score (nSPS) is 9.75. The van der Waals surface area contributed by atoms with Crippen LogP contribution in [0.2, 0.25) is 0 Å². The molecule has 1 aromatic carbocycles. The van der Waals surface area contributed by atoms with Crippen LogP contribution in [0.4, 0.5) is 17.1 Å². The van der Waals surface area contributed by atoms with Crippen LogP contribution in [0, 0.1) is 20.2 Å². The second-order valence-corrected chi connectivity index (χ2v) is 2.78. The Morgan fingerprint density at radius 2 is 1.75 bits per heavy atom. The van der Waals surface area contributed by atoms with E-state index in [0.29, 0.717) is 0 Å². The number of carbonyl (C=O) groups excluding carboxylic acids is 1. The number of benzene rings is 1. The molecule has 0 aromatic heterocycles. The molecule has 0 radical (unpaired) electrons. The Bertz CT molecular complexity index is 498. The lowest BCUT2D eigenvalue weighted by molar-refractivity contribution is -0.394. The maximum atomic E-state index is 11.0. The molecule has 0 aliphatic heterocycles. The first-order chi connectivity index (χ1) is 7.36. The van der Waals surface area contributed by atoms with Gasteiger partial charge in [-0.15, -0.1) is 0 Å². The highest BCUT2D eigenvalue weighted by Gasteiger charge is 2.31. The Morgan fingerprint density at radius 3 is 2.12 bits per heavy atom. The number of rotatable bonds is 3. The number of amides is 1. The van der Waals surface area contributed by atoms with Gasteiger partial charge in [-0.2, -0.15) is 0 Å². The van der Waals surface area contributed by atoms with Crippen molar-refractivity contribution in [1.82, 2.24) is 0 Å². The van der Waals surface area contributed by atoms with Gasteiger partial charge in [0, 0.05) is 6.07 Å². The Hall–Kier alpha value is -2.71. The summed E-state index contributed by atoms with van der Waals surface area (Å²) in [6.45, 7) is 0. The van der Waals surface area contributed by atoms with Crippen molar-refractivity contribution >= 4 is 23.0 Å². The van der Waals surface area contributed by atoms with Gasteiger partial charge in [0.25, 0.3) is 11.6 Å². The molecule has 0 bridgehead atoms. The number of primary amides is 1. The lowest BCUT2D eigenvalue weighted by Crippen LogP contribution is -2.16. The van der Waals surface area contributed by atoms with Crippen molar-refractivity contribution in [2.24, 2.45) is 5.73 Å². The van der Waals surface area contributed by atoms with Crippen molar-refractivity contribution in [2.45, 2.75) is 0 Å². The van der Waals surface area contributed by atoms with Crippen molar-refractivity contribution < 1.29 is 14.6 Å². The fourth-order valence-electron chi connectivity index (χ4n) is 1.19. The van der Waals surface area contributed by atoms with Gasteiger partial charge in [0.1, 0.15) is 5.69 Å². The number of anilines is 1. The molecule has 0 heterocycles. The smallest absolute Gasteiger partial charge is 0.311 e.